The molecule has 0 saturated heterocycles. The van der Waals surface area contributed by atoms with E-state index in [1.165, 1.54) is 18.9 Å². The van der Waals surface area contributed by atoms with E-state index >= 15 is 0 Å². The van der Waals surface area contributed by atoms with Gasteiger partial charge in [0.05, 0.1) is 25.1 Å². The number of aromatic nitrogens is 2. The summed E-state index contributed by atoms with van der Waals surface area (Å²) in [5, 5.41) is 2.84. The summed E-state index contributed by atoms with van der Waals surface area (Å²) in [5.74, 6) is 0.539. The molecule has 0 bridgehead atoms. The molecule has 0 saturated carbocycles. The summed E-state index contributed by atoms with van der Waals surface area (Å²) < 4.78 is 6.48. The van der Waals surface area contributed by atoms with E-state index in [1.807, 2.05) is 35.9 Å². The molecule has 0 unspecified atom stereocenters. The lowest BCUT2D eigenvalue weighted by Crippen LogP contribution is -2.23. The number of nitrogens with zero attached hydrogens (tertiary/aromatic N) is 2. The number of hydrogen-bond acceptors (Lipinski definition) is 5. The Balaban J connectivity index is 1.75. The lowest BCUT2D eigenvalue weighted by atomic mass is 10.3. The Labute approximate surface area is 133 Å². The molecule has 0 atom stereocenters. The molecule has 6 nitrogen and oxygen atoms in total. The van der Waals surface area contributed by atoms with Crippen LogP contribution in [-0.2, 0) is 20.9 Å². The zero-order valence-corrected chi connectivity index (χ0v) is 13.5. The molecule has 0 fully saturated rings. The number of rotatable bonds is 7. The number of amides is 1. The average Bonchev–Trinajstić information content (AvgIpc) is 2.94. The van der Waals surface area contributed by atoms with E-state index in [9.17, 15) is 9.59 Å². The summed E-state index contributed by atoms with van der Waals surface area (Å²) in [4.78, 5) is 27.2. The van der Waals surface area contributed by atoms with Crippen molar-refractivity contribution in [3.05, 3.63) is 35.8 Å². The zero-order chi connectivity index (χ0) is 15.9. The molecule has 2 rings (SSSR count). The van der Waals surface area contributed by atoms with Gasteiger partial charge in [-0.2, -0.15) is 0 Å². The number of aryl methyl sites for hydroxylation is 1. The van der Waals surface area contributed by atoms with Crippen molar-refractivity contribution in [2.45, 2.75) is 19.9 Å². The Hall–Kier alpha value is -2.02. The molecule has 0 aliphatic carbocycles. The lowest BCUT2D eigenvalue weighted by Gasteiger charge is -2.03. The third-order valence-electron chi connectivity index (χ3n) is 3.12. The molecule has 2 aromatic heterocycles. The van der Waals surface area contributed by atoms with Crippen molar-refractivity contribution in [3.8, 4) is 0 Å². The summed E-state index contributed by atoms with van der Waals surface area (Å²) in [5.41, 5.74) is 2.82. The summed E-state index contributed by atoms with van der Waals surface area (Å²) >= 11 is 1.39. The number of esters is 1. The van der Waals surface area contributed by atoms with E-state index in [1.54, 1.807) is 0 Å². The first-order chi connectivity index (χ1) is 10.6. The minimum absolute atomic E-state index is 0.0499. The van der Waals surface area contributed by atoms with Gasteiger partial charge in [0.15, 0.2) is 0 Å². The maximum absolute atomic E-state index is 11.7. The van der Waals surface area contributed by atoms with E-state index in [0.717, 1.165) is 16.9 Å². The monoisotopic (exact) mass is 321 g/mol. The van der Waals surface area contributed by atoms with Crippen LogP contribution in [-0.4, -0.2) is 39.9 Å². The quantitative estimate of drug-likeness (QED) is 0.619. The molecule has 7 heteroatoms. The number of fused-ring (bicyclic) bond motifs is 1. The van der Waals surface area contributed by atoms with Crippen LogP contribution in [0.5, 0.6) is 0 Å². The van der Waals surface area contributed by atoms with Gasteiger partial charge >= 0.3 is 5.97 Å². The number of ether oxygens (including phenoxy) is 1. The van der Waals surface area contributed by atoms with Crippen molar-refractivity contribution < 1.29 is 14.3 Å². The molecule has 0 aliphatic rings. The molecular formula is C15H19N3O3S. The van der Waals surface area contributed by atoms with Gasteiger partial charge in [0.2, 0.25) is 5.91 Å². The standard InChI is InChI=1S/C15H19N3O3S/c1-11-4-3-6-18-9-12(17-15(11)18)8-16-13(19)5-7-22-10-14(20)21-2/h3-4,6,9H,5,7-8,10H2,1-2H3,(H,16,19). The van der Waals surface area contributed by atoms with Gasteiger partial charge in [-0.25, -0.2) is 4.98 Å². The van der Waals surface area contributed by atoms with Crippen LogP contribution in [0.15, 0.2) is 24.5 Å². The highest BCUT2D eigenvalue weighted by Crippen LogP contribution is 2.10. The van der Waals surface area contributed by atoms with Crippen LogP contribution < -0.4 is 5.32 Å². The van der Waals surface area contributed by atoms with Gasteiger partial charge in [-0.15, -0.1) is 11.8 Å². The SMILES string of the molecule is COC(=O)CSCCC(=O)NCc1cn2cccc(C)c2n1. The first-order valence-corrected chi connectivity index (χ1v) is 8.10. The first kappa shape index (κ1) is 16.4. The molecule has 1 N–H and O–H groups in total. The third kappa shape index (κ3) is 4.49. The van der Waals surface area contributed by atoms with Gasteiger partial charge in [0.25, 0.3) is 0 Å². The van der Waals surface area contributed by atoms with Crippen molar-refractivity contribution in [3.63, 3.8) is 0 Å². The van der Waals surface area contributed by atoms with Gasteiger partial charge < -0.3 is 14.5 Å². The van der Waals surface area contributed by atoms with E-state index in [0.29, 0.717) is 18.7 Å². The van der Waals surface area contributed by atoms with Crippen LogP contribution >= 0.6 is 11.8 Å². The predicted molar refractivity (Wildman–Crippen MR) is 85.7 cm³/mol. The van der Waals surface area contributed by atoms with Crippen molar-refractivity contribution in [2.75, 3.05) is 18.6 Å². The highest BCUT2D eigenvalue weighted by atomic mass is 32.2. The summed E-state index contributed by atoms with van der Waals surface area (Å²) in [7, 11) is 1.35. The van der Waals surface area contributed by atoms with Gasteiger partial charge in [0, 0.05) is 24.6 Å². The third-order valence-corrected chi connectivity index (χ3v) is 4.05. The molecule has 0 spiro atoms. The van der Waals surface area contributed by atoms with E-state index in [4.69, 9.17) is 0 Å². The van der Waals surface area contributed by atoms with Crippen LogP contribution in [0.4, 0.5) is 0 Å². The van der Waals surface area contributed by atoms with E-state index < -0.39 is 0 Å². The Bertz CT molecular complexity index is 669. The molecule has 0 aliphatic heterocycles. The maximum Gasteiger partial charge on any atom is 0.315 e. The van der Waals surface area contributed by atoms with Crippen LogP contribution in [0, 0.1) is 6.92 Å². The predicted octanol–water partition coefficient (Wildman–Crippen LogP) is 1.56. The molecule has 118 valence electrons. The highest BCUT2D eigenvalue weighted by molar-refractivity contribution is 7.99. The Morgan fingerprint density at radius 3 is 3.00 bits per heavy atom. The second kappa shape index (κ2) is 7.84. The molecule has 1 amide bonds. The molecule has 22 heavy (non-hydrogen) atoms. The molecule has 2 heterocycles. The van der Waals surface area contributed by atoms with Crippen molar-refractivity contribution in [1.82, 2.24) is 14.7 Å². The van der Waals surface area contributed by atoms with Gasteiger partial charge in [0.1, 0.15) is 5.65 Å². The number of carbonyl (C=O) groups is 2. The Kier molecular flexibility index (Phi) is 5.83. The van der Waals surface area contributed by atoms with Gasteiger partial charge in [-0.3, -0.25) is 9.59 Å². The number of methoxy groups -OCH3 is 1. The summed E-state index contributed by atoms with van der Waals surface area (Å²) in [6, 6.07) is 3.97. The van der Waals surface area contributed by atoms with Crippen LogP contribution in [0.1, 0.15) is 17.7 Å². The Morgan fingerprint density at radius 2 is 2.27 bits per heavy atom. The molecule has 2 aromatic rings. The second-order valence-corrected chi connectivity index (χ2v) is 5.91. The molecule has 0 radical (unpaired) electrons. The minimum Gasteiger partial charge on any atom is -0.468 e. The van der Waals surface area contributed by atoms with Gasteiger partial charge in [-0.05, 0) is 18.6 Å². The fraction of sp³-hybridized carbons (Fsp3) is 0.400. The summed E-state index contributed by atoms with van der Waals surface area (Å²) in [6.07, 6.45) is 4.22. The fourth-order valence-electron chi connectivity index (χ4n) is 1.95. The zero-order valence-electron chi connectivity index (χ0n) is 12.7. The number of thioether (sulfide) groups is 1. The van der Waals surface area contributed by atoms with Crippen LogP contribution in [0.25, 0.3) is 5.65 Å². The second-order valence-electron chi connectivity index (χ2n) is 4.81. The van der Waals surface area contributed by atoms with Crippen molar-refractivity contribution in [2.24, 2.45) is 0 Å². The normalized spacial score (nSPS) is 10.6. The first-order valence-electron chi connectivity index (χ1n) is 6.94. The largest absolute Gasteiger partial charge is 0.468 e. The summed E-state index contributed by atoms with van der Waals surface area (Å²) in [6.45, 7) is 2.41. The van der Waals surface area contributed by atoms with Crippen LogP contribution in [0.2, 0.25) is 0 Å². The topological polar surface area (TPSA) is 72.7 Å². The van der Waals surface area contributed by atoms with E-state index in [-0.39, 0.29) is 17.6 Å². The molecule has 0 aromatic carbocycles. The average molecular weight is 321 g/mol. The van der Waals surface area contributed by atoms with E-state index in [2.05, 4.69) is 15.0 Å². The van der Waals surface area contributed by atoms with Crippen molar-refractivity contribution in [1.29, 1.82) is 0 Å². The maximum atomic E-state index is 11.7. The smallest absolute Gasteiger partial charge is 0.315 e. The number of pyridine rings is 1. The lowest BCUT2D eigenvalue weighted by molar-refractivity contribution is -0.137. The number of carbonyl (C=O) groups excluding carboxylic acids is 2. The van der Waals surface area contributed by atoms with Crippen molar-refractivity contribution >= 4 is 29.3 Å². The Morgan fingerprint density at radius 1 is 1.45 bits per heavy atom. The van der Waals surface area contributed by atoms with Crippen LogP contribution in [0.3, 0.4) is 0 Å². The number of nitrogens with one attached hydrogen (secondary N) is 1. The van der Waals surface area contributed by atoms with Gasteiger partial charge in [-0.1, -0.05) is 6.07 Å². The fourth-order valence-corrected chi connectivity index (χ4v) is 2.70. The number of imidazole rings is 1. The molecular weight excluding hydrogens is 302 g/mol. The number of hydrogen-bond donors (Lipinski definition) is 1. The minimum atomic E-state index is -0.273. The highest BCUT2D eigenvalue weighted by Gasteiger charge is 2.07.